The van der Waals surface area contributed by atoms with E-state index in [1.54, 1.807) is 25.3 Å². The van der Waals surface area contributed by atoms with Crippen LogP contribution in [0.25, 0.3) is 0 Å². The number of nitrogens with zero attached hydrogens (tertiary/aromatic N) is 1. The van der Waals surface area contributed by atoms with Crippen LogP contribution in [-0.4, -0.2) is 22.8 Å². The van der Waals surface area contributed by atoms with Gasteiger partial charge in [-0.15, -0.1) is 0 Å². The molecule has 2 amide bonds. The number of rotatable bonds is 5. The molecular weight excluding hydrogens is 286 g/mol. The molecule has 2 rings (SSSR count). The summed E-state index contributed by atoms with van der Waals surface area (Å²) in [6.45, 7) is 1.55. The van der Waals surface area contributed by atoms with Crippen molar-refractivity contribution >= 4 is 23.6 Å². The van der Waals surface area contributed by atoms with Gasteiger partial charge >= 0.3 is 0 Å². The second-order valence-electron chi connectivity index (χ2n) is 4.39. The third-order valence-corrected chi connectivity index (χ3v) is 3.71. The number of carbonyl (C=O) groups is 2. The Morgan fingerprint density at radius 1 is 1.19 bits per heavy atom. The predicted molar refractivity (Wildman–Crippen MR) is 80.9 cm³/mol. The molecular formula is C15H15N3O2S. The Kier molecular flexibility index (Phi) is 4.94. The number of hydrogen-bond acceptors (Lipinski definition) is 4. The van der Waals surface area contributed by atoms with E-state index in [0.29, 0.717) is 5.56 Å². The highest BCUT2D eigenvalue weighted by Crippen LogP contribution is 2.25. The fourth-order valence-electron chi connectivity index (χ4n) is 1.55. The molecule has 5 nitrogen and oxygen atoms in total. The molecule has 6 heteroatoms. The van der Waals surface area contributed by atoms with Crippen LogP contribution in [0.3, 0.4) is 0 Å². The smallest absolute Gasteiger partial charge is 0.251 e. The minimum atomic E-state index is -0.694. The van der Waals surface area contributed by atoms with E-state index in [1.807, 2.05) is 30.3 Å². The summed E-state index contributed by atoms with van der Waals surface area (Å²) >= 11 is 1.51. The van der Waals surface area contributed by atoms with Crippen LogP contribution < -0.4 is 11.1 Å². The molecule has 1 aromatic carbocycles. The highest BCUT2D eigenvalue weighted by molar-refractivity contribution is 7.99. The number of aromatic nitrogens is 1. The summed E-state index contributed by atoms with van der Waals surface area (Å²) in [5, 5.41) is 3.42. The molecule has 1 aromatic heterocycles. The van der Waals surface area contributed by atoms with Gasteiger partial charge in [0.05, 0.1) is 0 Å². The van der Waals surface area contributed by atoms with Crippen LogP contribution in [0.1, 0.15) is 17.3 Å². The fourth-order valence-corrected chi connectivity index (χ4v) is 2.33. The molecule has 0 fully saturated rings. The minimum absolute atomic E-state index is 0.323. The summed E-state index contributed by atoms with van der Waals surface area (Å²) in [6, 6.07) is 12.1. The Bertz CT molecular complexity index is 629. The third-order valence-electron chi connectivity index (χ3n) is 2.75. The molecule has 0 bridgehead atoms. The van der Waals surface area contributed by atoms with Gasteiger partial charge in [-0.3, -0.25) is 9.59 Å². The number of pyridine rings is 1. The van der Waals surface area contributed by atoms with E-state index in [4.69, 9.17) is 5.73 Å². The van der Waals surface area contributed by atoms with E-state index < -0.39 is 11.9 Å². The van der Waals surface area contributed by atoms with Crippen molar-refractivity contribution in [2.75, 3.05) is 0 Å². The van der Waals surface area contributed by atoms with E-state index in [-0.39, 0.29) is 5.91 Å². The monoisotopic (exact) mass is 301 g/mol. The van der Waals surface area contributed by atoms with Gasteiger partial charge in [0.1, 0.15) is 11.1 Å². The molecule has 2 aromatic rings. The number of carbonyl (C=O) groups excluding carboxylic acids is 2. The zero-order chi connectivity index (χ0) is 15.2. The highest BCUT2D eigenvalue weighted by Gasteiger charge is 2.13. The lowest BCUT2D eigenvalue weighted by Crippen LogP contribution is -2.42. The summed E-state index contributed by atoms with van der Waals surface area (Å²) in [4.78, 5) is 28.0. The summed E-state index contributed by atoms with van der Waals surface area (Å²) in [5.41, 5.74) is 5.59. The van der Waals surface area contributed by atoms with Crippen molar-refractivity contribution in [2.24, 2.45) is 5.73 Å². The van der Waals surface area contributed by atoms with Gasteiger partial charge in [-0.2, -0.15) is 0 Å². The number of amides is 2. The molecule has 0 aliphatic rings. The van der Waals surface area contributed by atoms with E-state index in [1.165, 1.54) is 11.8 Å². The lowest BCUT2D eigenvalue weighted by molar-refractivity contribution is -0.119. The lowest BCUT2D eigenvalue weighted by Gasteiger charge is -2.10. The van der Waals surface area contributed by atoms with E-state index in [2.05, 4.69) is 10.3 Å². The summed E-state index contributed by atoms with van der Waals surface area (Å²) < 4.78 is 0. The van der Waals surface area contributed by atoms with Gasteiger partial charge < -0.3 is 11.1 Å². The molecule has 0 spiro atoms. The quantitative estimate of drug-likeness (QED) is 0.882. The minimum Gasteiger partial charge on any atom is -0.368 e. The van der Waals surface area contributed by atoms with Gasteiger partial charge in [-0.25, -0.2) is 4.98 Å². The van der Waals surface area contributed by atoms with Crippen molar-refractivity contribution in [1.29, 1.82) is 0 Å². The maximum absolute atomic E-state index is 11.9. The molecule has 1 atom stereocenters. The average molecular weight is 301 g/mol. The van der Waals surface area contributed by atoms with Crippen molar-refractivity contribution in [2.45, 2.75) is 22.9 Å². The van der Waals surface area contributed by atoms with Crippen LogP contribution in [0.2, 0.25) is 0 Å². The standard InChI is InChI=1S/C15H15N3O2S/c1-10(14(16)19)18-15(20)11-5-7-12(8-6-11)21-13-4-2-3-9-17-13/h2-10H,1H3,(H2,16,19)(H,18,20)/t10-/m1/s1. The van der Waals surface area contributed by atoms with Crippen LogP contribution >= 0.6 is 11.8 Å². The molecule has 0 aliphatic carbocycles. The van der Waals surface area contributed by atoms with Gasteiger partial charge in [-0.1, -0.05) is 17.8 Å². The zero-order valence-electron chi connectivity index (χ0n) is 11.4. The van der Waals surface area contributed by atoms with Crippen LogP contribution in [0.5, 0.6) is 0 Å². The Hall–Kier alpha value is -2.34. The fraction of sp³-hybridized carbons (Fsp3) is 0.133. The van der Waals surface area contributed by atoms with Crippen molar-refractivity contribution in [3.63, 3.8) is 0 Å². The van der Waals surface area contributed by atoms with Crippen molar-refractivity contribution in [3.05, 3.63) is 54.2 Å². The first-order chi connectivity index (χ1) is 10.1. The number of nitrogens with two attached hydrogens (primary N) is 1. The normalized spacial score (nSPS) is 11.7. The topological polar surface area (TPSA) is 85.1 Å². The van der Waals surface area contributed by atoms with E-state index in [9.17, 15) is 9.59 Å². The van der Waals surface area contributed by atoms with Gasteiger partial charge in [0.25, 0.3) is 5.91 Å². The molecule has 1 heterocycles. The predicted octanol–water partition coefficient (Wildman–Crippen LogP) is 1.84. The highest BCUT2D eigenvalue weighted by atomic mass is 32.2. The molecule has 0 saturated carbocycles. The first-order valence-electron chi connectivity index (χ1n) is 6.35. The average Bonchev–Trinajstić information content (AvgIpc) is 2.48. The summed E-state index contributed by atoms with van der Waals surface area (Å²) in [5.74, 6) is -0.888. The summed E-state index contributed by atoms with van der Waals surface area (Å²) in [7, 11) is 0. The maximum atomic E-state index is 11.9. The first kappa shape index (κ1) is 15.1. The van der Waals surface area contributed by atoms with Crippen LogP contribution in [0.4, 0.5) is 0 Å². The number of hydrogen-bond donors (Lipinski definition) is 2. The SMILES string of the molecule is C[C@@H](NC(=O)c1ccc(Sc2ccccn2)cc1)C(N)=O. The molecule has 3 N–H and O–H groups in total. The molecule has 108 valence electrons. The van der Waals surface area contributed by atoms with Crippen molar-refractivity contribution in [1.82, 2.24) is 10.3 Å². The van der Waals surface area contributed by atoms with Gasteiger partial charge in [0, 0.05) is 16.7 Å². The number of primary amides is 1. The zero-order valence-corrected chi connectivity index (χ0v) is 12.3. The van der Waals surface area contributed by atoms with Gasteiger partial charge in [-0.05, 0) is 43.3 Å². The van der Waals surface area contributed by atoms with Gasteiger partial charge in [0.2, 0.25) is 5.91 Å². The van der Waals surface area contributed by atoms with Crippen molar-refractivity contribution < 1.29 is 9.59 Å². The van der Waals surface area contributed by atoms with Crippen molar-refractivity contribution in [3.8, 4) is 0 Å². The molecule has 0 radical (unpaired) electrons. The van der Waals surface area contributed by atoms with Crippen LogP contribution in [0, 0.1) is 0 Å². The largest absolute Gasteiger partial charge is 0.368 e. The van der Waals surface area contributed by atoms with Gasteiger partial charge in [0.15, 0.2) is 0 Å². The molecule has 0 unspecified atom stereocenters. The lowest BCUT2D eigenvalue weighted by atomic mass is 10.2. The van der Waals surface area contributed by atoms with Crippen LogP contribution in [0.15, 0.2) is 58.6 Å². The Morgan fingerprint density at radius 2 is 1.90 bits per heavy atom. The number of nitrogens with one attached hydrogen (secondary N) is 1. The van der Waals surface area contributed by atoms with E-state index in [0.717, 1.165) is 9.92 Å². The third kappa shape index (κ3) is 4.32. The number of benzene rings is 1. The second-order valence-corrected chi connectivity index (χ2v) is 5.49. The second kappa shape index (κ2) is 6.90. The molecule has 21 heavy (non-hydrogen) atoms. The Morgan fingerprint density at radius 3 is 2.48 bits per heavy atom. The Labute approximate surface area is 127 Å². The first-order valence-corrected chi connectivity index (χ1v) is 7.17. The molecule has 0 aliphatic heterocycles. The van der Waals surface area contributed by atoms with E-state index >= 15 is 0 Å². The van der Waals surface area contributed by atoms with Crippen LogP contribution in [-0.2, 0) is 4.79 Å². The molecule has 0 saturated heterocycles. The Balaban J connectivity index is 2.02. The maximum Gasteiger partial charge on any atom is 0.251 e. The summed E-state index contributed by atoms with van der Waals surface area (Å²) in [6.07, 6.45) is 1.73.